The molecule has 0 amide bonds. The molecule has 0 saturated carbocycles. The Labute approximate surface area is 171 Å². The molecule has 2 aliphatic heterocycles. The maximum absolute atomic E-state index is 6.27. The van der Waals surface area contributed by atoms with E-state index >= 15 is 0 Å². The molecule has 5 rings (SSSR count). The van der Waals surface area contributed by atoms with Crippen molar-refractivity contribution in [3.8, 4) is 5.75 Å². The molecule has 1 aromatic heterocycles. The predicted octanol–water partition coefficient (Wildman–Crippen LogP) is 3.98. The third-order valence-corrected chi connectivity index (χ3v) is 6.08. The van der Waals surface area contributed by atoms with E-state index in [1.807, 2.05) is 12.3 Å². The molecule has 0 aliphatic carbocycles. The van der Waals surface area contributed by atoms with E-state index in [2.05, 4.69) is 64.2 Å². The van der Waals surface area contributed by atoms with Gasteiger partial charge in [0.1, 0.15) is 12.2 Å². The van der Waals surface area contributed by atoms with Gasteiger partial charge in [0, 0.05) is 49.4 Å². The van der Waals surface area contributed by atoms with E-state index in [0.717, 1.165) is 50.7 Å². The number of hydrogen-bond acceptors (Lipinski definition) is 5. The molecule has 0 spiro atoms. The Morgan fingerprint density at radius 3 is 2.72 bits per heavy atom. The summed E-state index contributed by atoms with van der Waals surface area (Å²) in [6.07, 6.45) is 1.86. The minimum absolute atomic E-state index is 0.298. The normalized spacial score (nSPS) is 18.9. The number of morpholine rings is 1. The van der Waals surface area contributed by atoms with Crippen molar-refractivity contribution in [1.82, 2.24) is 14.8 Å². The topological polar surface area (TPSA) is 37.8 Å². The van der Waals surface area contributed by atoms with Crippen molar-refractivity contribution in [2.24, 2.45) is 0 Å². The summed E-state index contributed by atoms with van der Waals surface area (Å²) in [6.45, 7) is 8.20. The van der Waals surface area contributed by atoms with Crippen LogP contribution in [0.3, 0.4) is 0 Å². The number of fused-ring (bicyclic) bond motifs is 3. The van der Waals surface area contributed by atoms with Gasteiger partial charge in [0.05, 0.1) is 13.2 Å². The van der Waals surface area contributed by atoms with Gasteiger partial charge in [0.15, 0.2) is 5.75 Å². The molecule has 0 N–H and O–H groups in total. The molecule has 0 bridgehead atoms. The summed E-state index contributed by atoms with van der Waals surface area (Å²) in [5, 5.41) is 1.20. The Morgan fingerprint density at radius 1 is 1.07 bits per heavy atom. The molecule has 1 fully saturated rings. The van der Waals surface area contributed by atoms with Gasteiger partial charge < -0.3 is 9.47 Å². The molecule has 0 unspecified atom stereocenters. The highest BCUT2D eigenvalue weighted by atomic mass is 16.5. The second-order valence-electron chi connectivity index (χ2n) is 7.92. The Balaban J connectivity index is 1.47. The zero-order valence-corrected chi connectivity index (χ0v) is 16.9. The second kappa shape index (κ2) is 8.11. The fourth-order valence-electron chi connectivity index (χ4n) is 4.36. The average Bonchev–Trinajstić information content (AvgIpc) is 2.79. The first kappa shape index (κ1) is 18.6. The maximum Gasteiger partial charge on any atom is 0.152 e. The van der Waals surface area contributed by atoms with Gasteiger partial charge in [-0.25, -0.2) is 0 Å². The molecule has 150 valence electrons. The molecule has 0 radical (unpaired) electrons. The van der Waals surface area contributed by atoms with Crippen molar-refractivity contribution in [2.75, 3.05) is 33.0 Å². The predicted molar refractivity (Wildman–Crippen MR) is 114 cm³/mol. The molecular formula is C24H27N3O2. The highest BCUT2D eigenvalue weighted by molar-refractivity contribution is 5.89. The van der Waals surface area contributed by atoms with Crippen LogP contribution in [0.4, 0.5) is 0 Å². The molecule has 29 heavy (non-hydrogen) atoms. The van der Waals surface area contributed by atoms with Crippen molar-refractivity contribution in [3.05, 3.63) is 71.4 Å². The second-order valence-corrected chi connectivity index (χ2v) is 7.92. The lowest BCUT2D eigenvalue weighted by molar-refractivity contribution is 0.0342. The van der Waals surface area contributed by atoms with Crippen LogP contribution < -0.4 is 4.74 Å². The van der Waals surface area contributed by atoms with Crippen LogP contribution in [0, 0.1) is 0 Å². The van der Waals surface area contributed by atoms with Crippen LogP contribution in [-0.2, 0) is 17.8 Å². The van der Waals surface area contributed by atoms with Crippen molar-refractivity contribution < 1.29 is 9.47 Å². The van der Waals surface area contributed by atoms with Crippen molar-refractivity contribution >= 4 is 10.9 Å². The van der Waals surface area contributed by atoms with Gasteiger partial charge in [-0.3, -0.25) is 14.8 Å². The van der Waals surface area contributed by atoms with Crippen LogP contribution in [0.25, 0.3) is 10.9 Å². The third-order valence-electron chi connectivity index (χ3n) is 6.08. The molecule has 3 heterocycles. The fourth-order valence-corrected chi connectivity index (χ4v) is 4.36. The Bertz CT molecular complexity index is 986. The molecule has 1 saturated heterocycles. The lowest BCUT2D eigenvalue weighted by Gasteiger charge is -2.35. The van der Waals surface area contributed by atoms with Gasteiger partial charge in [-0.15, -0.1) is 0 Å². The number of hydrogen-bond donors (Lipinski definition) is 0. The molecule has 2 aliphatic rings. The summed E-state index contributed by atoms with van der Waals surface area (Å²) >= 11 is 0. The van der Waals surface area contributed by atoms with Crippen LogP contribution >= 0.6 is 0 Å². The van der Waals surface area contributed by atoms with Gasteiger partial charge >= 0.3 is 0 Å². The number of ether oxygens (including phenoxy) is 2. The van der Waals surface area contributed by atoms with Gasteiger partial charge in [-0.1, -0.05) is 36.4 Å². The SMILES string of the molecule is C[C@@H](c1ccccc1)N1COc2c(cc(CN3CCOCC3)c3cccnc23)C1. The van der Waals surface area contributed by atoms with Gasteiger partial charge in [-0.05, 0) is 30.2 Å². The molecule has 2 aromatic carbocycles. The third kappa shape index (κ3) is 3.73. The summed E-state index contributed by atoms with van der Waals surface area (Å²) in [5.41, 5.74) is 4.85. The smallest absolute Gasteiger partial charge is 0.152 e. The maximum atomic E-state index is 6.27. The molecule has 1 atom stereocenters. The Morgan fingerprint density at radius 2 is 1.90 bits per heavy atom. The summed E-state index contributed by atoms with van der Waals surface area (Å²) in [4.78, 5) is 9.53. The monoisotopic (exact) mass is 389 g/mol. The van der Waals surface area contributed by atoms with Crippen LogP contribution in [0.2, 0.25) is 0 Å². The van der Waals surface area contributed by atoms with E-state index in [-0.39, 0.29) is 0 Å². The van der Waals surface area contributed by atoms with Gasteiger partial charge in [0.25, 0.3) is 0 Å². The van der Waals surface area contributed by atoms with Crippen molar-refractivity contribution in [1.29, 1.82) is 0 Å². The summed E-state index contributed by atoms with van der Waals surface area (Å²) in [5.74, 6) is 0.947. The number of benzene rings is 2. The summed E-state index contributed by atoms with van der Waals surface area (Å²) in [7, 11) is 0. The number of rotatable bonds is 4. The van der Waals surface area contributed by atoms with E-state index in [1.165, 1.54) is 22.1 Å². The molecule has 3 aromatic rings. The van der Waals surface area contributed by atoms with Crippen LogP contribution in [-0.4, -0.2) is 47.8 Å². The first-order valence-electron chi connectivity index (χ1n) is 10.4. The number of pyridine rings is 1. The minimum atomic E-state index is 0.298. The van der Waals surface area contributed by atoms with E-state index in [1.54, 1.807) is 0 Å². The van der Waals surface area contributed by atoms with Gasteiger partial charge in [0.2, 0.25) is 0 Å². The lowest BCUT2D eigenvalue weighted by atomic mass is 10.00. The zero-order chi connectivity index (χ0) is 19.6. The highest BCUT2D eigenvalue weighted by Gasteiger charge is 2.26. The minimum Gasteiger partial charge on any atom is -0.475 e. The standard InChI is InChI=1S/C24H27N3O2/c1-18(19-6-3-2-4-7-19)27-16-21-14-20(15-26-10-12-28-13-11-26)22-8-5-9-25-23(22)24(21)29-17-27/h2-9,14,18H,10-13,15-17H2,1H3/t18-/m0/s1. The summed E-state index contributed by atoms with van der Waals surface area (Å²) < 4.78 is 11.8. The van der Waals surface area contributed by atoms with E-state index < -0.39 is 0 Å². The fraction of sp³-hybridized carbons (Fsp3) is 0.375. The Kier molecular flexibility index (Phi) is 5.19. The van der Waals surface area contributed by atoms with Crippen LogP contribution in [0.1, 0.15) is 29.7 Å². The van der Waals surface area contributed by atoms with Crippen molar-refractivity contribution in [3.63, 3.8) is 0 Å². The van der Waals surface area contributed by atoms with E-state index in [0.29, 0.717) is 12.8 Å². The Hall–Kier alpha value is -2.47. The van der Waals surface area contributed by atoms with E-state index in [4.69, 9.17) is 9.47 Å². The van der Waals surface area contributed by atoms with Crippen LogP contribution in [0.5, 0.6) is 5.75 Å². The first-order valence-corrected chi connectivity index (χ1v) is 10.4. The summed E-state index contributed by atoms with van der Waals surface area (Å²) in [6, 6.07) is 17.5. The van der Waals surface area contributed by atoms with E-state index in [9.17, 15) is 0 Å². The quantitative estimate of drug-likeness (QED) is 0.675. The molecular weight excluding hydrogens is 362 g/mol. The highest BCUT2D eigenvalue weighted by Crippen LogP contribution is 2.37. The number of nitrogens with zero attached hydrogens (tertiary/aromatic N) is 3. The van der Waals surface area contributed by atoms with Gasteiger partial charge in [-0.2, -0.15) is 0 Å². The molecule has 5 nitrogen and oxygen atoms in total. The van der Waals surface area contributed by atoms with Crippen LogP contribution in [0.15, 0.2) is 54.7 Å². The first-order chi connectivity index (χ1) is 14.3. The molecule has 5 heteroatoms. The largest absolute Gasteiger partial charge is 0.475 e. The average molecular weight is 389 g/mol. The van der Waals surface area contributed by atoms with Crippen molar-refractivity contribution in [2.45, 2.75) is 26.1 Å². The zero-order valence-electron chi connectivity index (χ0n) is 16.9. The lowest BCUT2D eigenvalue weighted by Crippen LogP contribution is -2.36. The number of aromatic nitrogens is 1.